The minimum absolute atomic E-state index is 0.0250. The molecule has 1 heterocycles. The van der Waals surface area contributed by atoms with Crippen LogP contribution in [0, 0.1) is 38.2 Å². The molecule has 5 nitrogen and oxygen atoms in total. The summed E-state index contributed by atoms with van der Waals surface area (Å²) >= 11 is 0. The van der Waals surface area contributed by atoms with Crippen LogP contribution in [0.5, 0.6) is 0 Å². The highest BCUT2D eigenvalue weighted by atomic mass is 19.2. The number of nitrogens with zero attached hydrogens (tertiary/aromatic N) is 3. The van der Waals surface area contributed by atoms with Crippen LogP contribution in [0.3, 0.4) is 0 Å². The zero-order chi connectivity index (χ0) is 18.9. The van der Waals surface area contributed by atoms with Crippen LogP contribution < -0.4 is 5.32 Å². The molecule has 2 aromatic rings. The molecule has 0 bridgehead atoms. The predicted octanol–water partition coefficient (Wildman–Crippen LogP) is 2.99. The molecule has 0 fully saturated rings. The van der Waals surface area contributed by atoms with Gasteiger partial charge < -0.3 is 10.2 Å². The lowest BCUT2D eigenvalue weighted by molar-refractivity contribution is -0.126. The minimum Gasteiger partial charge on any atom is -0.361 e. The van der Waals surface area contributed by atoms with Gasteiger partial charge in [-0.2, -0.15) is 0 Å². The Balaban J connectivity index is 2.49. The van der Waals surface area contributed by atoms with Gasteiger partial charge in [0, 0.05) is 30.9 Å². The van der Waals surface area contributed by atoms with Gasteiger partial charge in [-0.15, -0.1) is 0 Å². The third kappa shape index (κ3) is 3.72. The van der Waals surface area contributed by atoms with Crippen molar-refractivity contribution in [1.82, 2.24) is 14.9 Å². The lowest BCUT2D eigenvalue weighted by Crippen LogP contribution is -2.29. The number of aromatic nitrogens is 2. The van der Waals surface area contributed by atoms with Gasteiger partial charge in [0.25, 0.3) is 0 Å². The number of carbonyl (C=O) groups is 1. The number of likely N-dealkylation sites (N-methyl/N-ethyl adjacent to an activating group) is 1. The second kappa shape index (κ2) is 7.08. The van der Waals surface area contributed by atoms with Crippen LogP contribution in [0.15, 0.2) is 6.07 Å². The summed E-state index contributed by atoms with van der Waals surface area (Å²) in [5, 5.41) is 2.85. The van der Waals surface area contributed by atoms with Gasteiger partial charge in [-0.3, -0.25) is 4.79 Å². The fraction of sp³-hybridized carbons (Fsp3) is 0.353. The molecule has 8 heteroatoms. The first-order chi connectivity index (χ1) is 11.6. The highest BCUT2D eigenvalue weighted by Gasteiger charge is 2.20. The first-order valence-corrected chi connectivity index (χ1v) is 7.57. The summed E-state index contributed by atoms with van der Waals surface area (Å²) in [5.41, 5.74) is 0.389. The van der Waals surface area contributed by atoms with E-state index in [1.165, 1.54) is 4.90 Å². The molecule has 0 unspecified atom stereocenters. The molecule has 0 saturated heterocycles. The minimum atomic E-state index is -1.27. The second-order valence-corrected chi connectivity index (χ2v) is 5.91. The van der Waals surface area contributed by atoms with Crippen LogP contribution in [-0.2, 0) is 4.79 Å². The van der Waals surface area contributed by atoms with E-state index in [1.807, 2.05) is 0 Å². The number of nitrogens with one attached hydrogen (secondary N) is 1. The molecular weight excluding hydrogens is 333 g/mol. The predicted molar refractivity (Wildman–Crippen MR) is 88.7 cm³/mol. The van der Waals surface area contributed by atoms with Gasteiger partial charge in [0.2, 0.25) is 5.91 Å². The van der Waals surface area contributed by atoms with Gasteiger partial charge in [-0.05, 0) is 26.8 Å². The van der Waals surface area contributed by atoms with E-state index in [4.69, 9.17) is 0 Å². The second-order valence-electron chi connectivity index (χ2n) is 5.91. The third-order valence-corrected chi connectivity index (χ3v) is 3.92. The first-order valence-electron chi connectivity index (χ1n) is 7.57. The van der Waals surface area contributed by atoms with E-state index in [0.29, 0.717) is 17.1 Å². The first kappa shape index (κ1) is 18.7. The Morgan fingerprint density at radius 3 is 2.32 bits per heavy atom. The summed E-state index contributed by atoms with van der Waals surface area (Å²) in [6.45, 7) is 4.52. The molecule has 1 amide bonds. The number of anilines is 1. The van der Waals surface area contributed by atoms with Gasteiger partial charge in [0.1, 0.15) is 11.6 Å². The summed E-state index contributed by atoms with van der Waals surface area (Å²) in [4.78, 5) is 21.4. The molecule has 0 aliphatic carbocycles. The van der Waals surface area contributed by atoms with Crippen molar-refractivity contribution < 1.29 is 18.0 Å². The molecule has 25 heavy (non-hydrogen) atoms. The summed E-state index contributed by atoms with van der Waals surface area (Å²) in [5.74, 6) is -3.40. The number of amides is 1. The fourth-order valence-corrected chi connectivity index (χ4v) is 2.09. The van der Waals surface area contributed by atoms with Crippen LogP contribution in [0.4, 0.5) is 19.0 Å². The lowest BCUT2D eigenvalue weighted by Gasteiger charge is -2.15. The van der Waals surface area contributed by atoms with Crippen LogP contribution in [-0.4, -0.2) is 41.4 Å². The molecule has 2 rings (SSSR count). The number of carbonyl (C=O) groups excluding carboxylic acids is 1. The van der Waals surface area contributed by atoms with E-state index in [0.717, 1.165) is 13.0 Å². The maximum atomic E-state index is 14.2. The van der Waals surface area contributed by atoms with Gasteiger partial charge in [-0.25, -0.2) is 23.1 Å². The molecule has 0 aliphatic heterocycles. The van der Waals surface area contributed by atoms with Crippen LogP contribution >= 0.6 is 0 Å². The molecule has 0 radical (unpaired) electrons. The number of hydrogen-bond donors (Lipinski definition) is 1. The zero-order valence-corrected chi connectivity index (χ0v) is 14.7. The van der Waals surface area contributed by atoms with Gasteiger partial charge in [0.05, 0.1) is 12.1 Å². The average molecular weight is 352 g/mol. The van der Waals surface area contributed by atoms with Crippen molar-refractivity contribution in [2.24, 2.45) is 0 Å². The molecular formula is C17H19F3N4O. The van der Waals surface area contributed by atoms with Crippen molar-refractivity contribution in [3.63, 3.8) is 0 Å². The van der Waals surface area contributed by atoms with Crippen molar-refractivity contribution in [2.45, 2.75) is 20.8 Å². The lowest BCUT2D eigenvalue weighted by atomic mass is 10.1. The Bertz CT molecular complexity index is 837. The van der Waals surface area contributed by atoms with Crippen molar-refractivity contribution in [3.05, 3.63) is 40.3 Å². The van der Waals surface area contributed by atoms with E-state index < -0.39 is 23.0 Å². The Hall–Kier alpha value is -2.64. The van der Waals surface area contributed by atoms with Crippen molar-refractivity contribution in [1.29, 1.82) is 0 Å². The van der Waals surface area contributed by atoms with E-state index in [2.05, 4.69) is 15.3 Å². The van der Waals surface area contributed by atoms with E-state index >= 15 is 0 Å². The molecule has 0 saturated carbocycles. The number of benzene rings is 1. The smallest absolute Gasteiger partial charge is 0.241 e. The standard InChI is InChI=1S/C17H19F3N4O/c1-8-10(3)22-17(23-16(8)21-7-13(25)24(4)5)11-6-12(18)9(2)14(19)15(11)20/h6H,7H2,1-5H3,(H,21,22,23). The van der Waals surface area contributed by atoms with Crippen molar-refractivity contribution >= 4 is 11.7 Å². The highest BCUT2D eigenvalue weighted by molar-refractivity contribution is 5.80. The van der Waals surface area contributed by atoms with Gasteiger partial charge in [-0.1, -0.05) is 0 Å². The van der Waals surface area contributed by atoms with Crippen LogP contribution in [0.2, 0.25) is 0 Å². The van der Waals surface area contributed by atoms with Crippen LogP contribution in [0.25, 0.3) is 11.4 Å². The molecule has 1 aromatic heterocycles. The number of rotatable bonds is 4. The quantitative estimate of drug-likeness (QED) is 0.860. The maximum absolute atomic E-state index is 14.2. The molecule has 0 aliphatic rings. The Labute approximate surface area is 143 Å². The third-order valence-electron chi connectivity index (χ3n) is 3.92. The normalized spacial score (nSPS) is 10.7. The number of hydrogen-bond acceptors (Lipinski definition) is 4. The molecule has 134 valence electrons. The molecule has 0 spiro atoms. The summed E-state index contributed by atoms with van der Waals surface area (Å²) in [6, 6.07) is 0.868. The van der Waals surface area contributed by atoms with Crippen molar-refractivity contribution in [3.8, 4) is 11.4 Å². The Kier molecular flexibility index (Phi) is 5.30. The maximum Gasteiger partial charge on any atom is 0.241 e. The summed E-state index contributed by atoms with van der Waals surface area (Å²) < 4.78 is 41.8. The number of aryl methyl sites for hydroxylation is 1. The highest BCUT2D eigenvalue weighted by Crippen LogP contribution is 2.28. The van der Waals surface area contributed by atoms with Gasteiger partial charge in [0.15, 0.2) is 17.5 Å². The van der Waals surface area contributed by atoms with Gasteiger partial charge >= 0.3 is 0 Å². The molecule has 0 atom stereocenters. The monoisotopic (exact) mass is 352 g/mol. The molecule has 1 N–H and O–H groups in total. The Morgan fingerprint density at radius 1 is 1.08 bits per heavy atom. The summed E-state index contributed by atoms with van der Waals surface area (Å²) in [7, 11) is 3.22. The number of halogens is 3. The van der Waals surface area contributed by atoms with E-state index in [1.54, 1.807) is 27.9 Å². The van der Waals surface area contributed by atoms with Crippen LogP contribution in [0.1, 0.15) is 16.8 Å². The largest absolute Gasteiger partial charge is 0.361 e. The Morgan fingerprint density at radius 2 is 1.72 bits per heavy atom. The topological polar surface area (TPSA) is 58.1 Å². The summed E-state index contributed by atoms with van der Waals surface area (Å²) in [6.07, 6.45) is 0. The van der Waals surface area contributed by atoms with E-state index in [9.17, 15) is 18.0 Å². The zero-order valence-electron chi connectivity index (χ0n) is 14.7. The van der Waals surface area contributed by atoms with Crippen molar-refractivity contribution in [2.75, 3.05) is 26.0 Å². The SMILES string of the molecule is Cc1nc(-c2cc(F)c(C)c(F)c2F)nc(NCC(=O)N(C)C)c1C. The fourth-order valence-electron chi connectivity index (χ4n) is 2.09. The molecule has 1 aromatic carbocycles. The van der Waals surface area contributed by atoms with E-state index in [-0.39, 0.29) is 23.8 Å². The average Bonchev–Trinajstić information content (AvgIpc) is 2.56.